The highest BCUT2D eigenvalue weighted by atomic mass is 32.2. The molecular weight excluding hydrogens is 262 g/mol. The maximum absolute atomic E-state index is 12.1. The molecule has 0 aromatic heterocycles. The zero-order valence-electron chi connectivity index (χ0n) is 12.1. The van der Waals surface area contributed by atoms with Gasteiger partial charge in [-0.25, -0.2) is 0 Å². The molecule has 1 fully saturated rings. The molecule has 0 radical (unpaired) electrons. The molecule has 19 heavy (non-hydrogen) atoms. The van der Waals surface area contributed by atoms with Crippen molar-refractivity contribution in [3.63, 3.8) is 0 Å². The lowest BCUT2D eigenvalue weighted by molar-refractivity contribution is -0.146. The predicted octanol–water partition coefficient (Wildman–Crippen LogP) is 2.48. The Kier molecular flexibility index (Phi) is 6.69. The summed E-state index contributed by atoms with van der Waals surface area (Å²) >= 11 is 1.66. The Bertz CT molecular complexity index is 320. The number of carbonyl (C=O) groups excluding carboxylic acids is 1. The molecule has 2 unspecified atom stereocenters. The number of rotatable bonds is 6. The molecule has 1 N–H and O–H groups in total. The molecule has 110 valence electrons. The third-order valence-electron chi connectivity index (χ3n) is 3.62. The third kappa shape index (κ3) is 5.43. The molecule has 5 heteroatoms. The lowest BCUT2D eigenvalue weighted by atomic mass is 9.93. The van der Waals surface area contributed by atoms with Crippen molar-refractivity contribution in [2.45, 2.75) is 46.1 Å². The van der Waals surface area contributed by atoms with Gasteiger partial charge in [-0.2, -0.15) is 11.8 Å². The van der Waals surface area contributed by atoms with Crippen LogP contribution in [0.15, 0.2) is 0 Å². The van der Waals surface area contributed by atoms with Gasteiger partial charge in [0.05, 0.1) is 11.7 Å². The average molecular weight is 287 g/mol. The fourth-order valence-corrected chi connectivity index (χ4v) is 3.34. The molecule has 4 nitrogen and oxygen atoms in total. The van der Waals surface area contributed by atoms with Crippen molar-refractivity contribution in [1.29, 1.82) is 0 Å². The number of carboxylic acid groups (broad SMARTS) is 1. The first-order chi connectivity index (χ1) is 8.91. The number of carboxylic acids is 1. The zero-order valence-corrected chi connectivity index (χ0v) is 12.9. The van der Waals surface area contributed by atoms with Crippen LogP contribution in [0, 0.1) is 11.8 Å². The first-order valence-electron chi connectivity index (χ1n) is 7.01. The summed E-state index contributed by atoms with van der Waals surface area (Å²) in [5.74, 6) is 1.05. The molecular formula is C14H25NO3S. The van der Waals surface area contributed by atoms with Crippen LogP contribution in [0.2, 0.25) is 0 Å². The summed E-state index contributed by atoms with van der Waals surface area (Å²) in [6.45, 7) is 6.73. The summed E-state index contributed by atoms with van der Waals surface area (Å²) < 4.78 is 0. The number of hydrogen-bond acceptors (Lipinski definition) is 3. The van der Waals surface area contributed by atoms with Crippen LogP contribution >= 0.6 is 11.8 Å². The number of likely N-dealkylation sites (tertiary alicyclic amines) is 1. The highest BCUT2D eigenvalue weighted by Gasteiger charge is 2.32. The molecule has 2 atom stereocenters. The van der Waals surface area contributed by atoms with Gasteiger partial charge in [-0.1, -0.05) is 13.8 Å². The van der Waals surface area contributed by atoms with E-state index in [-0.39, 0.29) is 17.9 Å². The molecule has 0 aliphatic carbocycles. The Hall–Kier alpha value is -0.710. The van der Waals surface area contributed by atoms with Crippen LogP contribution in [-0.4, -0.2) is 46.0 Å². The molecule has 0 saturated carbocycles. The Morgan fingerprint density at radius 2 is 2.05 bits per heavy atom. The van der Waals surface area contributed by atoms with E-state index in [4.69, 9.17) is 5.11 Å². The van der Waals surface area contributed by atoms with Crippen LogP contribution in [-0.2, 0) is 9.59 Å². The van der Waals surface area contributed by atoms with Gasteiger partial charge in [0.15, 0.2) is 0 Å². The van der Waals surface area contributed by atoms with Gasteiger partial charge < -0.3 is 10.0 Å². The van der Waals surface area contributed by atoms with Crippen LogP contribution in [0.4, 0.5) is 0 Å². The van der Waals surface area contributed by atoms with Crippen LogP contribution in [0.1, 0.15) is 40.0 Å². The van der Waals surface area contributed by atoms with E-state index in [2.05, 4.69) is 13.8 Å². The van der Waals surface area contributed by atoms with Crippen LogP contribution < -0.4 is 0 Å². The minimum Gasteiger partial charge on any atom is -0.481 e. The van der Waals surface area contributed by atoms with E-state index in [0.717, 1.165) is 18.6 Å². The number of hydrogen-bond donors (Lipinski definition) is 1. The van der Waals surface area contributed by atoms with E-state index in [9.17, 15) is 9.59 Å². The number of nitrogens with zero attached hydrogens (tertiary/aromatic N) is 1. The molecule has 1 aliphatic rings. The lowest BCUT2D eigenvalue weighted by Gasteiger charge is -2.36. The second kappa shape index (κ2) is 7.78. The largest absolute Gasteiger partial charge is 0.481 e. The highest BCUT2D eigenvalue weighted by Crippen LogP contribution is 2.23. The Labute approximate surface area is 119 Å². The maximum Gasteiger partial charge on any atom is 0.308 e. The third-order valence-corrected chi connectivity index (χ3v) is 4.59. The van der Waals surface area contributed by atoms with Crippen molar-refractivity contribution >= 4 is 23.6 Å². The van der Waals surface area contributed by atoms with Gasteiger partial charge in [-0.3, -0.25) is 9.59 Å². The fourth-order valence-electron chi connectivity index (χ4n) is 2.22. The Balaban J connectivity index is 2.38. The monoisotopic (exact) mass is 287 g/mol. The predicted molar refractivity (Wildman–Crippen MR) is 78.3 cm³/mol. The summed E-state index contributed by atoms with van der Waals surface area (Å²) in [5.41, 5.74) is 0. The van der Waals surface area contributed by atoms with Crippen molar-refractivity contribution in [3.05, 3.63) is 0 Å². The molecule has 0 aromatic carbocycles. The van der Waals surface area contributed by atoms with Gasteiger partial charge in [-0.15, -0.1) is 0 Å². The minimum atomic E-state index is -0.780. The second-order valence-electron chi connectivity index (χ2n) is 5.74. The topological polar surface area (TPSA) is 57.6 Å². The van der Waals surface area contributed by atoms with Crippen LogP contribution in [0.3, 0.4) is 0 Å². The van der Waals surface area contributed by atoms with E-state index >= 15 is 0 Å². The van der Waals surface area contributed by atoms with Gasteiger partial charge in [0.2, 0.25) is 5.91 Å². The highest BCUT2D eigenvalue weighted by molar-refractivity contribution is 7.99. The first-order valence-corrected chi connectivity index (χ1v) is 8.17. The van der Waals surface area contributed by atoms with Crippen molar-refractivity contribution in [2.24, 2.45) is 11.8 Å². The molecule has 1 heterocycles. The van der Waals surface area contributed by atoms with E-state index in [1.807, 2.05) is 6.92 Å². The molecule has 0 bridgehead atoms. The summed E-state index contributed by atoms with van der Waals surface area (Å²) in [5, 5.41) is 9.06. The number of amides is 1. The normalized spacial score (nSPS) is 23.7. The molecule has 1 amide bonds. The van der Waals surface area contributed by atoms with Gasteiger partial charge in [0.25, 0.3) is 0 Å². The van der Waals surface area contributed by atoms with Crippen LogP contribution in [0.5, 0.6) is 0 Å². The number of piperidine rings is 1. The van der Waals surface area contributed by atoms with Gasteiger partial charge in [0.1, 0.15) is 0 Å². The van der Waals surface area contributed by atoms with E-state index in [1.165, 1.54) is 0 Å². The summed E-state index contributed by atoms with van der Waals surface area (Å²) in [6, 6.07) is 0.175. The van der Waals surface area contributed by atoms with E-state index in [0.29, 0.717) is 24.6 Å². The molecule has 0 spiro atoms. The number of thioether (sulfide) groups is 1. The van der Waals surface area contributed by atoms with Gasteiger partial charge in [0, 0.05) is 12.6 Å². The maximum atomic E-state index is 12.1. The van der Waals surface area contributed by atoms with E-state index in [1.54, 1.807) is 16.7 Å². The van der Waals surface area contributed by atoms with Gasteiger partial charge >= 0.3 is 5.97 Å². The van der Waals surface area contributed by atoms with Gasteiger partial charge in [-0.05, 0) is 37.9 Å². The summed E-state index contributed by atoms with van der Waals surface area (Å²) in [6.07, 6.45) is 2.59. The smallest absolute Gasteiger partial charge is 0.308 e. The SMILES string of the molecule is CC(C)CCSCC(=O)N1CC(C(=O)O)CCC1C. The van der Waals surface area contributed by atoms with E-state index < -0.39 is 5.97 Å². The summed E-state index contributed by atoms with van der Waals surface area (Å²) in [7, 11) is 0. The summed E-state index contributed by atoms with van der Waals surface area (Å²) in [4.78, 5) is 24.9. The average Bonchev–Trinajstić information content (AvgIpc) is 2.34. The molecule has 1 aliphatic heterocycles. The van der Waals surface area contributed by atoms with Crippen molar-refractivity contribution in [3.8, 4) is 0 Å². The lowest BCUT2D eigenvalue weighted by Crippen LogP contribution is -2.48. The quantitative estimate of drug-likeness (QED) is 0.763. The Morgan fingerprint density at radius 3 is 2.63 bits per heavy atom. The molecule has 0 aromatic rings. The second-order valence-corrected chi connectivity index (χ2v) is 6.85. The molecule has 1 saturated heterocycles. The fraction of sp³-hybridized carbons (Fsp3) is 0.857. The van der Waals surface area contributed by atoms with Crippen molar-refractivity contribution < 1.29 is 14.7 Å². The zero-order chi connectivity index (χ0) is 14.4. The van der Waals surface area contributed by atoms with Crippen molar-refractivity contribution in [1.82, 2.24) is 4.90 Å². The van der Waals surface area contributed by atoms with Crippen molar-refractivity contribution in [2.75, 3.05) is 18.1 Å². The molecule has 1 rings (SSSR count). The minimum absolute atomic E-state index is 0.0900. The Morgan fingerprint density at radius 1 is 1.37 bits per heavy atom. The number of carbonyl (C=O) groups is 2. The first kappa shape index (κ1) is 16.3. The number of aliphatic carboxylic acids is 1. The standard InChI is InChI=1S/C14H25NO3S/c1-10(2)6-7-19-9-13(16)15-8-12(14(17)18)5-4-11(15)3/h10-12H,4-9H2,1-3H3,(H,17,18). The van der Waals surface area contributed by atoms with Crippen LogP contribution in [0.25, 0.3) is 0 Å².